The predicted octanol–water partition coefficient (Wildman–Crippen LogP) is 4.25. The molecular weight excluding hydrogens is 344 g/mol. The lowest BCUT2D eigenvalue weighted by atomic mass is 9.98. The Morgan fingerprint density at radius 3 is 2.58 bits per heavy atom. The molecule has 6 heteroatoms. The van der Waals surface area contributed by atoms with Gasteiger partial charge < -0.3 is 16.2 Å². The van der Waals surface area contributed by atoms with Gasteiger partial charge in [-0.3, -0.25) is 0 Å². The van der Waals surface area contributed by atoms with Gasteiger partial charge in [-0.05, 0) is 11.6 Å². The molecule has 5 nitrogen and oxygen atoms in total. The first-order chi connectivity index (χ1) is 12.7. The molecule has 0 saturated heterocycles. The Hall–Kier alpha value is -3.17. The maximum atomic E-state index is 9.39. The first kappa shape index (κ1) is 16.3. The number of rotatable bonds is 3. The van der Waals surface area contributed by atoms with Crippen LogP contribution in [0, 0.1) is 11.3 Å². The fourth-order valence-electron chi connectivity index (χ4n) is 3.04. The van der Waals surface area contributed by atoms with Gasteiger partial charge in [-0.15, -0.1) is 11.8 Å². The second-order valence-corrected chi connectivity index (χ2v) is 7.03. The quantitative estimate of drug-likeness (QED) is 0.725. The normalized spacial score (nSPS) is 14.7. The zero-order valence-corrected chi connectivity index (χ0v) is 14.7. The summed E-state index contributed by atoms with van der Waals surface area (Å²) >= 11 is 1.72. The highest BCUT2D eigenvalue weighted by atomic mass is 32.2. The van der Waals surface area contributed by atoms with E-state index < -0.39 is 0 Å². The molecule has 0 spiro atoms. The highest BCUT2D eigenvalue weighted by molar-refractivity contribution is 7.99. The van der Waals surface area contributed by atoms with Gasteiger partial charge in [-0.2, -0.15) is 10.2 Å². The first-order valence-corrected chi connectivity index (χ1v) is 9.15. The number of nitrogen functional groups attached to an aromatic ring is 2. The van der Waals surface area contributed by atoms with Crippen LogP contribution in [0.25, 0.3) is 0 Å². The van der Waals surface area contributed by atoms with Crippen molar-refractivity contribution < 1.29 is 4.74 Å². The summed E-state index contributed by atoms with van der Waals surface area (Å²) in [6.07, 6.45) is 0. The zero-order chi connectivity index (χ0) is 18.1. The summed E-state index contributed by atoms with van der Waals surface area (Å²) in [5.74, 6) is 2.00. The summed E-state index contributed by atoms with van der Waals surface area (Å²) < 4.78 is 5.93. The van der Waals surface area contributed by atoms with Crippen molar-refractivity contribution in [2.24, 2.45) is 0 Å². The van der Waals surface area contributed by atoms with E-state index in [2.05, 4.69) is 23.2 Å². The standard InChI is InChI=1S/C20H16N4OS/c21-10-14-17(22)16-18(26-11-12-6-2-1-3-7-12)13-8-4-5-9-15(13)25-20(16)24-19(14)23/h1-9,18H,11H2,(H4,22,23,24). The smallest absolute Gasteiger partial charge is 0.228 e. The average molecular weight is 360 g/mol. The van der Waals surface area contributed by atoms with Crippen molar-refractivity contribution in [3.05, 3.63) is 76.9 Å². The summed E-state index contributed by atoms with van der Waals surface area (Å²) in [5, 5.41) is 9.31. The minimum absolute atomic E-state index is 0.0876. The Labute approximate surface area is 155 Å². The molecule has 0 aliphatic carbocycles. The molecule has 1 unspecified atom stereocenters. The number of hydrogen-bond donors (Lipinski definition) is 2. The molecule has 1 atom stereocenters. The topological polar surface area (TPSA) is 98.0 Å². The minimum atomic E-state index is -0.0876. The number of anilines is 2. The third-order valence-electron chi connectivity index (χ3n) is 4.31. The van der Waals surface area contributed by atoms with Crippen molar-refractivity contribution in [3.8, 4) is 17.7 Å². The molecule has 0 radical (unpaired) electrons. The fraction of sp³-hybridized carbons (Fsp3) is 0.100. The van der Waals surface area contributed by atoms with E-state index in [0.29, 0.717) is 11.6 Å². The van der Waals surface area contributed by atoms with Gasteiger partial charge in [0, 0.05) is 11.3 Å². The van der Waals surface area contributed by atoms with E-state index in [1.54, 1.807) is 11.8 Å². The second-order valence-electron chi connectivity index (χ2n) is 5.93. The number of ether oxygens (including phenoxy) is 1. The van der Waals surface area contributed by atoms with E-state index in [1.165, 1.54) is 5.56 Å². The Morgan fingerprint density at radius 2 is 1.81 bits per heavy atom. The van der Waals surface area contributed by atoms with Crippen molar-refractivity contribution in [3.63, 3.8) is 0 Å². The molecule has 0 amide bonds. The number of nitriles is 1. The zero-order valence-electron chi connectivity index (χ0n) is 13.8. The molecule has 3 aromatic rings. The molecule has 1 aliphatic rings. The average Bonchev–Trinajstić information content (AvgIpc) is 2.66. The monoisotopic (exact) mass is 360 g/mol. The van der Waals surface area contributed by atoms with E-state index in [4.69, 9.17) is 16.2 Å². The molecule has 4 N–H and O–H groups in total. The first-order valence-electron chi connectivity index (χ1n) is 8.10. The van der Waals surface area contributed by atoms with Crippen LogP contribution >= 0.6 is 11.8 Å². The summed E-state index contributed by atoms with van der Waals surface area (Å²) in [4.78, 5) is 4.29. The Bertz CT molecular complexity index is 1010. The number of benzene rings is 2. The predicted molar refractivity (Wildman–Crippen MR) is 104 cm³/mol. The van der Waals surface area contributed by atoms with Crippen LogP contribution in [0.1, 0.15) is 27.5 Å². The summed E-state index contributed by atoms with van der Waals surface area (Å²) in [7, 11) is 0. The second kappa shape index (κ2) is 6.62. The number of fused-ring (bicyclic) bond motifs is 2. The Balaban J connectivity index is 1.81. The molecule has 2 heterocycles. The molecule has 128 valence electrons. The fourth-order valence-corrected chi connectivity index (χ4v) is 4.36. The van der Waals surface area contributed by atoms with Crippen LogP contribution in [0.5, 0.6) is 11.6 Å². The van der Waals surface area contributed by atoms with Crippen molar-refractivity contribution in [1.82, 2.24) is 4.98 Å². The summed E-state index contributed by atoms with van der Waals surface area (Å²) in [6.45, 7) is 0. The molecule has 0 bridgehead atoms. The van der Waals surface area contributed by atoms with Crippen LogP contribution in [-0.4, -0.2) is 4.98 Å². The maximum absolute atomic E-state index is 9.39. The van der Waals surface area contributed by atoms with Crippen LogP contribution in [0.4, 0.5) is 11.5 Å². The van der Waals surface area contributed by atoms with Crippen LogP contribution in [0.2, 0.25) is 0 Å². The van der Waals surface area contributed by atoms with Gasteiger partial charge in [-0.1, -0.05) is 48.5 Å². The van der Waals surface area contributed by atoms with Gasteiger partial charge in [0.15, 0.2) is 0 Å². The van der Waals surface area contributed by atoms with Gasteiger partial charge in [0.25, 0.3) is 0 Å². The Morgan fingerprint density at radius 1 is 1.08 bits per heavy atom. The number of thioether (sulfide) groups is 1. The molecule has 0 saturated carbocycles. The number of aromatic nitrogens is 1. The van der Waals surface area contributed by atoms with Crippen LogP contribution in [-0.2, 0) is 5.75 Å². The van der Waals surface area contributed by atoms with Gasteiger partial charge >= 0.3 is 0 Å². The summed E-state index contributed by atoms with van der Waals surface area (Å²) in [6, 6.07) is 20.1. The van der Waals surface area contributed by atoms with E-state index >= 15 is 0 Å². The molecule has 2 aromatic carbocycles. The third-order valence-corrected chi connectivity index (χ3v) is 5.63. The number of nitrogens with zero attached hydrogens (tertiary/aromatic N) is 2. The van der Waals surface area contributed by atoms with E-state index in [-0.39, 0.29) is 16.6 Å². The van der Waals surface area contributed by atoms with Crippen molar-refractivity contribution in [2.45, 2.75) is 11.0 Å². The highest BCUT2D eigenvalue weighted by Crippen LogP contribution is 2.52. The van der Waals surface area contributed by atoms with Crippen molar-refractivity contribution >= 4 is 23.3 Å². The van der Waals surface area contributed by atoms with E-state index in [9.17, 15) is 5.26 Å². The highest BCUT2D eigenvalue weighted by Gasteiger charge is 2.32. The van der Waals surface area contributed by atoms with Crippen molar-refractivity contribution in [1.29, 1.82) is 5.26 Å². The molecule has 1 aliphatic heterocycles. The summed E-state index contributed by atoms with van der Waals surface area (Å²) in [5.41, 5.74) is 15.7. The van der Waals surface area contributed by atoms with Gasteiger partial charge in [0.1, 0.15) is 23.2 Å². The lowest BCUT2D eigenvalue weighted by molar-refractivity contribution is 0.441. The lowest BCUT2D eigenvalue weighted by Gasteiger charge is -2.28. The van der Waals surface area contributed by atoms with Crippen LogP contribution < -0.4 is 16.2 Å². The molecular formula is C20H16N4OS. The van der Waals surface area contributed by atoms with Gasteiger partial charge in [-0.25, -0.2) is 0 Å². The van der Waals surface area contributed by atoms with E-state index in [0.717, 1.165) is 22.6 Å². The molecule has 26 heavy (non-hydrogen) atoms. The number of para-hydroxylation sites is 1. The largest absolute Gasteiger partial charge is 0.438 e. The maximum Gasteiger partial charge on any atom is 0.228 e. The minimum Gasteiger partial charge on any atom is -0.438 e. The van der Waals surface area contributed by atoms with Crippen LogP contribution in [0.3, 0.4) is 0 Å². The number of nitrogens with two attached hydrogens (primary N) is 2. The lowest BCUT2D eigenvalue weighted by Crippen LogP contribution is -2.15. The van der Waals surface area contributed by atoms with Crippen LogP contribution in [0.15, 0.2) is 54.6 Å². The third kappa shape index (κ3) is 2.72. The van der Waals surface area contributed by atoms with Gasteiger partial charge in [0.05, 0.1) is 16.5 Å². The van der Waals surface area contributed by atoms with E-state index in [1.807, 2.05) is 42.5 Å². The Kier molecular flexibility index (Phi) is 4.15. The SMILES string of the molecule is N#Cc1c(N)nc2c(c1N)C(SCc1ccccc1)c1ccccc1O2. The molecule has 1 aromatic heterocycles. The molecule has 4 rings (SSSR count). The number of hydrogen-bond acceptors (Lipinski definition) is 6. The number of pyridine rings is 1. The molecule has 0 fully saturated rings. The van der Waals surface area contributed by atoms with Gasteiger partial charge in [0.2, 0.25) is 5.88 Å². The van der Waals surface area contributed by atoms with Crippen molar-refractivity contribution in [2.75, 3.05) is 11.5 Å².